The predicted molar refractivity (Wildman–Crippen MR) is 85.0 cm³/mol. The number of aryl methyl sites for hydroxylation is 2. The second kappa shape index (κ2) is 7.04. The van der Waals surface area contributed by atoms with E-state index < -0.39 is 0 Å². The first-order valence-electron chi connectivity index (χ1n) is 7.11. The van der Waals surface area contributed by atoms with Gasteiger partial charge in [-0.3, -0.25) is 4.68 Å². The number of hydrogen-bond donors (Lipinski definition) is 1. The van der Waals surface area contributed by atoms with Crippen molar-refractivity contribution in [2.24, 2.45) is 0 Å². The minimum absolute atomic E-state index is 0.110. The zero-order valence-corrected chi connectivity index (χ0v) is 13.6. The SMILES string of the molecule is CCc1nn(CC)c(CC(CO)c2ccccc2)c1Br. The Morgan fingerprint density at radius 1 is 1.25 bits per heavy atom. The molecule has 0 aliphatic carbocycles. The topological polar surface area (TPSA) is 38.0 Å². The van der Waals surface area contributed by atoms with Gasteiger partial charge in [0.25, 0.3) is 0 Å². The summed E-state index contributed by atoms with van der Waals surface area (Å²) < 4.78 is 3.13. The van der Waals surface area contributed by atoms with Crippen LogP contribution in [-0.2, 0) is 19.4 Å². The number of hydrogen-bond acceptors (Lipinski definition) is 2. The van der Waals surface area contributed by atoms with E-state index in [1.807, 2.05) is 22.9 Å². The Balaban J connectivity index is 2.30. The second-order valence-electron chi connectivity index (χ2n) is 4.87. The van der Waals surface area contributed by atoms with Gasteiger partial charge in [-0.1, -0.05) is 37.3 Å². The summed E-state index contributed by atoms with van der Waals surface area (Å²) in [5.41, 5.74) is 3.43. The third-order valence-corrected chi connectivity index (χ3v) is 4.54. The Hall–Kier alpha value is -1.13. The summed E-state index contributed by atoms with van der Waals surface area (Å²) in [5, 5.41) is 14.3. The van der Waals surface area contributed by atoms with Gasteiger partial charge in [0.2, 0.25) is 0 Å². The quantitative estimate of drug-likeness (QED) is 0.875. The maximum absolute atomic E-state index is 9.71. The lowest BCUT2D eigenvalue weighted by atomic mass is 9.95. The number of aromatic nitrogens is 2. The standard InChI is InChI=1S/C16H21BrN2O/c1-3-14-16(17)15(19(4-2)18-14)10-13(11-20)12-8-6-5-7-9-12/h5-9,13,20H,3-4,10-11H2,1-2H3. The fourth-order valence-corrected chi connectivity index (χ4v) is 3.18. The van der Waals surface area contributed by atoms with E-state index in [0.29, 0.717) is 0 Å². The van der Waals surface area contributed by atoms with Gasteiger partial charge in [0.1, 0.15) is 0 Å². The van der Waals surface area contributed by atoms with Crippen LogP contribution in [0.2, 0.25) is 0 Å². The van der Waals surface area contributed by atoms with Gasteiger partial charge >= 0.3 is 0 Å². The summed E-state index contributed by atoms with van der Waals surface area (Å²) >= 11 is 3.67. The number of nitrogens with zero attached hydrogens (tertiary/aromatic N) is 2. The summed E-state index contributed by atoms with van der Waals surface area (Å²) in [4.78, 5) is 0. The first-order valence-corrected chi connectivity index (χ1v) is 7.90. The highest BCUT2D eigenvalue weighted by Gasteiger charge is 2.19. The molecule has 0 fully saturated rings. The third kappa shape index (κ3) is 3.13. The largest absolute Gasteiger partial charge is 0.396 e. The molecular formula is C16H21BrN2O. The molecule has 20 heavy (non-hydrogen) atoms. The van der Waals surface area contributed by atoms with Gasteiger partial charge < -0.3 is 5.11 Å². The number of rotatable bonds is 6. The smallest absolute Gasteiger partial charge is 0.0766 e. The van der Waals surface area contributed by atoms with Gasteiger partial charge in [0.15, 0.2) is 0 Å². The Kier molecular flexibility index (Phi) is 5.38. The van der Waals surface area contributed by atoms with Crippen LogP contribution in [0.1, 0.15) is 36.7 Å². The molecule has 1 unspecified atom stereocenters. The third-order valence-electron chi connectivity index (χ3n) is 3.63. The van der Waals surface area contributed by atoms with E-state index in [4.69, 9.17) is 0 Å². The van der Waals surface area contributed by atoms with Gasteiger partial charge in [0.05, 0.1) is 22.5 Å². The highest BCUT2D eigenvalue weighted by molar-refractivity contribution is 9.10. The second-order valence-corrected chi connectivity index (χ2v) is 5.66. The molecule has 0 saturated carbocycles. The Morgan fingerprint density at radius 2 is 1.95 bits per heavy atom. The lowest BCUT2D eigenvalue weighted by Gasteiger charge is -2.15. The highest BCUT2D eigenvalue weighted by Crippen LogP contribution is 2.28. The van der Waals surface area contributed by atoms with Gasteiger partial charge in [-0.2, -0.15) is 5.10 Å². The molecule has 1 atom stereocenters. The van der Waals surface area contributed by atoms with Crippen molar-refractivity contribution in [3.8, 4) is 0 Å². The van der Waals surface area contributed by atoms with Gasteiger partial charge in [-0.15, -0.1) is 0 Å². The molecular weight excluding hydrogens is 316 g/mol. The molecule has 3 nitrogen and oxygen atoms in total. The summed E-state index contributed by atoms with van der Waals surface area (Å²) in [6.45, 7) is 5.20. The lowest BCUT2D eigenvalue weighted by Crippen LogP contribution is -2.12. The van der Waals surface area contributed by atoms with Crippen LogP contribution in [0.3, 0.4) is 0 Å². The van der Waals surface area contributed by atoms with E-state index in [-0.39, 0.29) is 12.5 Å². The highest BCUT2D eigenvalue weighted by atomic mass is 79.9. The molecule has 0 aliphatic heterocycles. The van der Waals surface area contributed by atoms with Crippen LogP contribution < -0.4 is 0 Å². The van der Waals surface area contributed by atoms with Crippen molar-refractivity contribution in [2.45, 2.75) is 39.2 Å². The summed E-state index contributed by atoms with van der Waals surface area (Å²) in [7, 11) is 0. The monoisotopic (exact) mass is 336 g/mol. The molecule has 0 bridgehead atoms. The number of aliphatic hydroxyl groups excluding tert-OH is 1. The summed E-state index contributed by atoms with van der Waals surface area (Å²) in [5.74, 6) is 0.110. The minimum atomic E-state index is 0.110. The average Bonchev–Trinajstić information content (AvgIpc) is 2.81. The zero-order valence-electron chi connectivity index (χ0n) is 12.0. The molecule has 0 aliphatic rings. The normalized spacial score (nSPS) is 12.6. The van der Waals surface area contributed by atoms with Crippen LogP contribution in [0, 0.1) is 0 Å². The van der Waals surface area contributed by atoms with Crippen molar-refractivity contribution in [1.29, 1.82) is 0 Å². The van der Waals surface area contributed by atoms with Crippen LogP contribution in [0.5, 0.6) is 0 Å². The van der Waals surface area contributed by atoms with Gasteiger partial charge in [-0.05, 0) is 41.3 Å². The first-order chi connectivity index (χ1) is 9.71. The molecule has 0 spiro atoms. The van der Waals surface area contributed by atoms with E-state index >= 15 is 0 Å². The van der Waals surface area contributed by atoms with Crippen molar-refractivity contribution < 1.29 is 5.11 Å². The van der Waals surface area contributed by atoms with E-state index in [0.717, 1.165) is 29.6 Å². The lowest BCUT2D eigenvalue weighted by molar-refractivity contribution is 0.262. The van der Waals surface area contributed by atoms with E-state index in [1.54, 1.807) is 0 Å². The molecule has 0 amide bonds. The molecule has 1 heterocycles. The van der Waals surface area contributed by atoms with Crippen molar-refractivity contribution in [3.63, 3.8) is 0 Å². The van der Waals surface area contributed by atoms with E-state index in [2.05, 4.69) is 47.0 Å². The van der Waals surface area contributed by atoms with Crippen LogP contribution in [0.4, 0.5) is 0 Å². The van der Waals surface area contributed by atoms with Crippen molar-refractivity contribution in [1.82, 2.24) is 9.78 Å². The molecule has 0 radical (unpaired) electrons. The number of aliphatic hydroxyl groups is 1. The Morgan fingerprint density at radius 3 is 2.50 bits per heavy atom. The van der Waals surface area contributed by atoms with Crippen LogP contribution in [0.15, 0.2) is 34.8 Å². The van der Waals surface area contributed by atoms with Crippen molar-refractivity contribution >= 4 is 15.9 Å². The summed E-state index contributed by atoms with van der Waals surface area (Å²) in [6, 6.07) is 10.2. The van der Waals surface area contributed by atoms with Crippen LogP contribution in [0.25, 0.3) is 0 Å². The van der Waals surface area contributed by atoms with Crippen molar-refractivity contribution in [3.05, 3.63) is 51.8 Å². The fraction of sp³-hybridized carbons (Fsp3) is 0.438. The first kappa shape index (κ1) is 15.3. The molecule has 0 saturated heterocycles. The summed E-state index contributed by atoms with van der Waals surface area (Å²) in [6.07, 6.45) is 1.71. The van der Waals surface area contributed by atoms with Crippen LogP contribution >= 0.6 is 15.9 Å². The number of halogens is 1. The maximum Gasteiger partial charge on any atom is 0.0766 e. The molecule has 1 N–H and O–H groups in total. The number of benzene rings is 1. The molecule has 108 valence electrons. The Labute approximate surface area is 128 Å². The van der Waals surface area contributed by atoms with Gasteiger partial charge in [-0.25, -0.2) is 0 Å². The molecule has 2 aromatic rings. The zero-order chi connectivity index (χ0) is 14.5. The fourth-order valence-electron chi connectivity index (χ4n) is 2.46. The van der Waals surface area contributed by atoms with E-state index in [9.17, 15) is 5.11 Å². The molecule has 1 aromatic heterocycles. The predicted octanol–water partition coefficient (Wildman–Crippen LogP) is 3.55. The molecule has 2 rings (SSSR count). The van der Waals surface area contributed by atoms with Crippen LogP contribution in [-0.4, -0.2) is 21.5 Å². The average molecular weight is 337 g/mol. The molecule has 1 aromatic carbocycles. The Bertz CT molecular complexity index is 551. The minimum Gasteiger partial charge on any atom is -0.396 e. The maximum atomic E-state index is 9.71. The van der Waals surface area contributed by atoms with E-state index in [1.165, 1.54) is 11.3 Å². The van der Waals surface area contributed by atoms with Gasteiger partial charge in [0, 0.05) is 12.5 Å². The molecule has 4 heteroatoms. The van der Waals surface area contributed by atoms with Crippen molar-refractivity contribution in [2.75, 3.05) is 6.61 Å².